The van der Waals surface area contributed by atoms with E-state index in [9.17, 15) is 4.79 Å². The second-order valence-corrected chi connectivity index (χ2v) is 7.87. The van der Waals surface area contributed by atoms with E-state index < -0.39 is 5.97 Å². The van der Waals surface area contributed by atoms with Crippen molar-refractivity contribution in [3.8, 4) is 0 Å². The predicted molar refractivity (Wildman–Crippen MR) is 106 cm³/mol. The smallest absolute Gasteiger partial charge is 0.303 e. The number of aliphatic carboxylic acids is 1. The first-order valence-electron chi connectivity index (χ1n) is 10.1. The summed E-state index contributed by atoms with van der Waals surface area (Å²) in [6.07, 6.45) is 11.6. The highest BCUT2D eigenvalue weighted by atomic mass is 16.4. The molecule has 1 N–H and O–H groups in total. The molecule has 0 aromatic carbocycles. The summed E-state index contributed by atoms with van der Waals surface area (Å²) in [5.41, 5.74) is 2.36. The van der Waals surface area contributed by atoms with Crippen molar-refractivity contribution >= 4 is 5.97 Å². The number of allylic oxidation sites excluding steroid dienone is 2. The largest absolute Gasteiger partial charge is 0.481 e. The van der Waals surface area contributed by atoms with Crippen LogP contribution in [0.15, 0.2) is 17.8 Å². The minimum absolute atomic E-state index is 0.226. The fourth-order valence-corrected chi connectivity index (χ4v) is 3.23. The van der Waals surface area contributed by atoms with E-state index in [-0.39, 0.29) is 12.5 Å². The average Bonchev–Trinajstić information content (AvgIpc) is 3.05. The molecule has 5 heteroatoms. The molecule has 0 amide bonds. The molecule has 1 aromatic heterocycles. The predicted octanol–water partition coefficient (Wildman–Crippen LogP) is 5.44. The molecule has 0 saturated heterocycles. The van der Waals surface area contributed by atoms with E-state index >= 15 is 0 Å². The van der Waals surface area contributed by atoms with E-state index in [2.05, 4.69) is 51.0 Å². The van der Waals surface area contributed by atoms with Crippen LogP contribution in [0.4, 0.5) is 0 Å². The van der Waals surface area contributed by atoms with Crippen LogP contribution in [0, 0.1) is 11.8 Å². The molecule has 1 aromatic rings. The third-order valence-corrected chi connectivity index (χ3v) is 5.25. The zero-order valence-electron chi connectivity index (χ0n) is 17.2. The number of aryl methyl sites for hydroxylation is 1. The van der Waals surface area contributed by atoms with E-state index in [1.54, 1.807) is 0 Å². The molecule has 0 aliphatic heterocycles. The quantitative estimate of drug-likeness (QED) is 0.374. The zero-order valence-corrected chi connectivity index (χ0v) is 17.2. The van der Waals surface area contributed by atoms with Gasteiger partial charge < -0.3 is 5.11 Å². The van der Waals surface area contributed by atoms with Gasteiger partial charge in [-0.15, -0.1) is 5.10 Å². The summed E-state index contributed by atoms with van der Waals surface area (Å²) in [6, 6.07) is 0.287. The molecule has 3 atom stereocenters. The molecule has 0 aliphatic carbocycles. The first-order chi connectivity index (χ1) is 12.3. The van der Waals surface area contributed by atoms with Gasteiger partial charge in [-0.25, -0.2) is 4.68 Å². The first kappa shape index (κ1) is 22.4. The lowest BCUT2D eigenvalue weighted by molar-refractivity contribution is -0.137. The molecule has 1 rings (SSSR count). The van der Waals surface area contributed by atoms with Crippen LogP contribution in [0.2, 0.25) is 0 Å². The lowest BCUT2D eigenvalue weighted by Gasteiger charge is -2.18. The van der Waals surface area contributed by atoms with Gasteiger partial charge in [0, 0.05) is 12.6 Å². The van der Waals surface area contributed by atoms with E-state index in [1.807, 2.05) is 10.9 Å². The number of nitrogens with zero attached hydrogens (tertiary/aromatic N) is 3. The Bertz CT molecular complexity index is 565. The number of carboxylic acid groups (broad SMARTS) is 1. The van der Waals surface area contributed by atoms with Gasteiger partial charge in [0.1, 0.15) is 0 Å². The molecule has 0 bridgehead atoms. The summed E-state index contributed by atoms with van der Waals surface area (Å²) < 4.78 is 1.94. The monoisotopic (exact) mass is 363 g/mol. The Kier molecular flexibility index (Phi) is 10.2. The number of carbonyl (C=O) groups is 1. The van der Waals surface area contributed by atoms with Crippen molar-refractivity contribution in [2.75, 3.05) is 0 Å². The minimum Gasteiger partial charge on any atom is -0.481 e. The molecule has 1 heterocycles. The summed E-state index contributed by atoms with van der Waals surface area (Å²) in [5, 5.41) is 17.1. The zero-order chi connectivity index (χ0) is 19.5. The van der Waals surface area contributed by atoms with Crippen molar-refractivity contribution in [1.82, 2.24) is 15.0 Å². The average molecular weight is 364 g/mol. The summed E-state index contributed by atoms with van der Waals surface area (Å²) in [5.74, 6) is 0.771. The first-order valence-corrected chi connectivity index (χ1v) is 10.1. The fourth-order valence-electron chi connectivity index (χ4n) is 3.23. The van der Waals surface area contributed by atoms with Crippen molar-refractivity contribution in [1.29, 1.82) is 0 Å². The summed E-state index contributed by atoms with van der Waals surface area (Å²) >= 11 is 0. The second-order valence-electron chi connectivity index (χ2n) is 7.87. The van der Waals surface area contributed by atoms with Gasteiger partial charge in [0.25, 0.3) is 0 Å². The summed E-state index contributed by atoms with van der Waals surface area (Å²) in [4.78, 5) is 10.5. The van der Waals surface area contributed by atoms with Crippen LogP contribution < -0.4 is 0 Å². The Hall–Kier alpha value is -1.65. The molecular weight excluding hydrogens is 326 g/mol. The Morgan fingerprint density at radius 3 is 2.65 bits per heavy atom. The number of unbranched alkanes of at least 4 members (excludes halogenated alkanes) is 1. The van der Waals surface area contributed by atoms with Gasteiger partial charge in [-0.05, 0) is 57.8 Å². The van der Waals surface area contributed by atoms with Crippen LogP contribution in [0.25, 0.3) is 0 Å². The Labute approximate surface area is 158 Å². The molecule has 1 unspecified atom stereocenters. The molecule has 26 heavy (non-hydrogen) atoms. The molecular formula is C21H37N3O2. The Morgan fingerprint density at radius 2 is 2.00 bits per heavy atom. The molecule has 148 valence electrons. The molecule has 0 fully saturated rings. The van der Waals surface area contributed by atoms with E-state index in [4.69, 9.17) is 5.11 Å². The summed E-state index contributed by atoms with van der Waals surface area (Å²) in [7, 11) is 0. The normalized spacial score (nSPS) is 15.7. The SMILES string of the molecule is CCC[C@H](C)[C@@H](C)C/C=C(\C)CC(C)n1cc(CCCCC(=O)O)nn1. The maximum atomic E-state index is 10.5. The van der Waals surface area contributed by atoms with E-state index in [0.29, 0.717) is 6.42 Å². The van der Waals surface area contributed by atoms with Crippen LogP contribution in [-0.4, -0.2) is 26.1 Å². The third-order valence-electron chi connectivity index (χ3n) is 5.25. The maximum absolute atomic E-state index is 10.5. The topological polar surface area (TPSA) is 68.0 Å². The lowest BCUT2D eigenvalue weighted by atomic mass is 9.88. The van der Waals surface area contributed by atoms with E-state index in [0.717, 1.165) is 43.2 Å². The Morgan fingerprint density at radius 1 is 1.27 bits per heavy atom. The molecule has 0 spiro atoms. The van der Waals surface area contributed by atoms with Crippen molar-refractivity contribution in [3.05, 3.63) is 23.5 Å². The van der Waals surface area contributed by atoms with Gasteiger partial charge in [0.2, 0.25) is 0 Å². The van der Waals surface area contributed by atoms with Gasteiger partial charge in [-0.2, -0.15) is 0 Å². The van der Waals surface area contributed by atoms with Crippen LogP contribution in [0.3, 0.4) is 0 Å². The summed E-state index contributed by atoms with van der Waals surface area (Å²) in [6.45, 7) is 11.3. The van der Waals surface area contributed by atoms with Crippen molar-refractivity contribution in [2.45, 2.75) is 92.0 Å². The number of aromatic nitrogens is 3. The molecule has 5 nitrogen and oxygen atoms in total. The highest BCUT2D eigenvalue weighted by Gasteiger charge is 2.12. The van der Waals surface area contributed by atoms with Crippen molar-refractivity contribution in [2.24, 2.45) is 11.8 Å². The standard InChI is InChI=1S/C21H37N3O2/c1-6-9-17(3)18(4)13-12-16(2)14-19(5)24-15-20(22-23-24)10-7-8-11-21(25)26/h12,15,17-19H,6-11,13-14H2,1-5H3,(H,25,26)/b16-12+/t17-,18-,19?/m0/s1. The number of hydrogen-bond donors (Lipinski definition) is 1. The third kappa shape index (κ3) is 8.63. The highest BCUT2D eigenvalue weighted by Crippen LogP contribution is 2.23. The second kappa shape index (κ2) is 11.9. The maximum Gasteiger partial charge on any atom is 0.303 e. The number of carboxylic acids is 1. The fraction of sp³-hybridized carbons (Fsp3) is 0.762. The number of hydrogen-bond acceptors (Lipinski definition) is 3. The van der Waals surface area contributed by atoms with Crippen LogP contribution in [0.5, 0.6) is 0 Å². The van der Waals surface area contributed by atoms with E-state index in [1.165, 1.54) is 18.4 Å². The van der Waals surface area contributed by atoms with Gasteiger partial charge >= 0.3 is 5.97 Å². The van der Waals surface area contributed by atoms with Crippen LogP contribution in [0.1, 0.15) is 91.3 Å². The van der Waals surface area contributed by atoms with Gasteiger partial charge in [0.05, 0.1) is 11.7 Å². The van der Waals surface area contributed by atoms with Crippen LogP contribution >= 0.6 is 0 Å². The minimum atomic E-state index is -0.733. The molecule has 0 radical (unpaired) electrons. The Balaban J connectivity index is 2.43. The molecule has 0 saturated carbocycles. The van der Waals surface area contributed by atoms with Crippen molar-refractivity contribution in [3.63, 3.8) is 0 Å². The lowest BCUT2D eigenvalue weighted by Crippen LogP contribution is -2.08. The van der Waals surface area contributed by atoms with Crippen LogP contribution in [-0.2, 0) is 11.2 Å². The van der Waals surface area contributed by atoms with Gasteiger partial charge in [-0.1, -0.05) is 50.5 Å². The highest BCUT2D eigenvalue weighted by molar-refractivity contribution is 5.66. The molecule has 0 aliphatic rings. The van der Waals surface area contributed by atoms with Crippen molar-refractivity contribution < 1.29 is 9.90 Å². The van der Waals surface area contributed by atoms with Gasteiger partial charge in [-0.3, -0.25) is 4.79 Å². The number of rotatable bonds is 13. The van der Waals surface area contributed by atoms with Gasteiger partial charge in [0.15, 0.2) is 0 Å².